The molecular formula is C38H38F4N6O5S. The van der Waals surface area contributed by atoms with Gasteiger partial charge in [-0.3, -0.25) is 19.6 Å². The first-order chi connectivity index (χ1) is 25.6. The number of halogens is 4. The van der Waals surface area contributed by atoms with Crippen molar-refractivity contribution in [3.63, 3.8) is 0 Å². The van der Waals surface area contributed by atoms with Gasteiger partial charge in [0.25, 0.3) is 0 Å². The number of pyridine rings is 2. The Kier molecular flexibility index (Phi) is 11.3. The second-order valence-corrected chi connectivity index (χ2v) is 15.6. The molecule has 2 aromatic heterocycles. The Labute approximate surface area is 309 Å². The van der Waals surface area contributed by atoms with Crippen LogP contribution in [0.25, 0.3) is 0 Å². The van der Waals surface area contributed by atoms with Crippen LogP contribution in [0.5, 0.6) is 0 Å². The molecule has 2 atom stereocenters. The minimum atomic E-state index is -4.70. The van der Waals surface area contributed by atoms with Crippen molar-refractivity contribution in [3.05, 3.63) is 119 Å². The van der Waals surface area contributed by atoms with Gasteiger partial charge in [-0.1, -0.05) is 0 Å². The van der Waals surface area contributed by atoms with Crippen LogP contribution in [-0.4, -0.2) is 62.1 Å². The number of carbonyl (C=O) groups excluding carboxylic acids is 3. The molecule has 2 saturated carbocycles. The van der Waals surface area contributed by atoms with E-state index in [0.717, 1.165) is 61.3 Å². The Morgan fingerprint density at radius 2 is 1.15 bits per heavy atom. The van der Waals surface area contributed by atoms with Gasteiger partial charge in [-0.2, -0.15) is 0 Å². The topological polar surface area (TPSA) is 142 Å². The maximum Gasteiger partial charge on any atom is 0.329 e. The Balaban J connectivity index is 1.20. The third kappa shape index (κ3) is 9.98. The fourth-order valence-corrected chi connectivity index (χ4v) is 7.44. The highest BCUT2D eigenvalue weighted by Crippen LogP contribution is 2.40. The van der Waals surface area contributed by atoms with Crippen molar-refractivity contribution in [3.8, 4) is 0 Å². The van der Waals surface area contributed by atoms with Gasteiger partial charge in [-0.05, 0) is 91.8 Å². The molecule has 6 rings (SSSR count). The molecule has 2 aliphatic rings. The van der Waals surface area contributed by atoms with E-state index in [4.69, 9.17) is 0 Å². The van der Waals surface area contributed by atoms with Crippen LogP contribution in [-0.2, 0) is 32.5 Å². The third-order valence-corrected chi connectivity index (χ3v) is 10.7. The van der Waals surface area contributed by atoms with Gasteiger partial charge >= 0.3 is 6.03 Å². The molecule has 54 heavy (non-hydrogen) atoms. The van der Waals surface area contributed by atoms with E-state index in [9.17, 15) is 40.4 Å². The molecule has 0 unspecified atom stereocenters. The number of rotatable bonds is 14. The van der Waals surface area contributed by atoms with Gasteiger partial charge in [-0.15, -0.1) is 0 Å². The molecule has 2 fully saturated rings. The van der Waals surface area contributed by atoms with E-state index in [1.807, 2.05) is 4.72 Å². The second kappa shape index (κ2) is 15.9. The summed E-state index contributed by atoms with van der Waals surface area (Å²) in [4.78, 5) is 52.0. The highest BCUT2D eigenvalue weighted by Gasteiger charge is 2.33. The molecule has 0 aliphatic heterocycles. The van der Waals surface area contributed by atoms with Crippen molar-refractivity contribution < 1.29 is 40.4 Å². The van der Waals surface area contributed by atoms with Crippen molar-refractivity contribution in [1.82, 2.24) is 20.0 Å². The summed E-state index contributed by atoms with van der Waals surface area (Å²) in [5, 5.41) is 2.30. The molecule has 0 bridgehead atoms. The molecule has 2 aliphatic carbocycles. The van der Waals surface area contributed by atoms with E-state index in [1.54, 1.807) is 24.3 Å². The zero-order chi connectivity index (χ0) is 38.7. The van der Waals surface area contributed by atoms with Crippen LogP contribution in [0, 0.1) is 29.2 Å². The largest absolute Gasteiger partial charge is 0.329 e. The zero-order valence-corrected chi connectivity index (χ0v) is 30.3. The van der Waals surface area contributed by atoms with Crippen LogP contribution in [0.1, 0.15) is 60.0 Å². The summed E-state index contributed by atoms with van der Waals surface area (Å²) in [5.41, 5.74) is 2.42. The van der Waals surface area contributed by atoms with Crippen molar-refractivity contribution in [2.45, 2.75) is 56.4 Å². The third-order valence-electron chi connectivity index (χ3n) is 9.36. The number of benzene rings is 2. The van der Waals surface area contributed by atoms with Crippen LogP contribution >= 0.6 is 0 Å². The molecule has 16 heteroatoms. The number of urea groups is 1. The number of carbonyl (C=O) groups is 3. The lowest BCUT2D eigenvalue weighted by Gasteiger charge is -2.26. The smallest absolute Gasteiger partial charge is 0.325 e. The maximum atomic E-state index is 14.1. The Morgan fingerprint density at radius 3 is 1.57 bits per heavy atom. The molecule has 2 heterocycles. The molecule has 0 saturated heterocycles. The number of likely N-dealkylation sites (N-methyl/N-ethyl adjacent to an activating group) is 1. The van der Waals surface area contributed by atoms with Crippen LogP contribution in [0.15, 0.2) is 73.1 Å². The van der Waals surface area contributed by atoms with E-state index >= 15 is 0 Å². The lowest BCUT2D eigenvalue weighted by molar-refractivity contribution is -0.121. The number of hydrogen-bond acceptors (Lipinski definition) is 7. The minimum Gasteiger partial charge on any atom is -0.325 e. The average Bonchev–Trinajstić information content (AvgIpc) is 4.03. The summed E-state index contributed by atoms with van der Waals surface area (Å²) in [5.74, 6) is -6.96. The zero-order valence-electron chi connectivity index (χ0n) is 29.4. The molecule has 0 spiro atoms. The highest BCUT2D eigenvalue weighted by atomic mass is 32.2. The molecule has 284 valence electrons. The minimum absolute atomic E-state index is 0.000269. The number of sulfonamides is 1. The quantitative estimate of drug-likeness (QED) is 0.161. The van der Waals surface area contributed by atoms with Crippen LogP contribution in [0.4, 0.5) is 33.7 Å². The van der Waals surface area contributed by atoms with Crippen LogP contribution in [0.2, 0.25) is 0 Å². The maximum absolute atomic E-state index is 14.1. The monoisotopic (exact) mass is 766 g/mol. The van der Waals surface area contributed by atoms with E-state index in [0.29, 0.717) is 35.3 Å². The molecular weight excluding hydrogens is 729 g/mol. The summed E-state index contributed by atoms with van der Waals surface area (Å²) >= 11 is 0. The second-order valence-electron chi connectivity index (χ2n) is 13.8. The fourth-order valence-electron chi connectivity index (χ4n) is 6.23. The standard InChI is InChI=1S/C38H38F4N6O5S/c1-47(31-7-9-33(43-19-31)24-3-4-24)36(49)26(11-22-12-27(39)17-28(40)13-22)21-54(52,53)46-38(51)45-35(16-23-14-29(41)18-30(42)15-23)37(50)48(2)32-8-10-34(44-20-32)25-5-6-25/h7-10,12-15,17-20,24-26,35H,3-6,11,16,21H2,1-2H3,(H2,45,46,51)/t26-,35+/m1/s1. The number of nitrogens with zero attached hydrogens (tertiary/aromatic N) is 4. The lowest BCUT2D eigenvalue weighted by atomic mass is 9.99. The average molecular weight is 767 g/mol. The predicted molar refractivity (Wildman–Crippen MR) is 192 cm³/mol. The molecule has 2 aromatic carbocycles. The van der Waals surface area contributed by atoms with Crippen LogP contribution in [0.3, 0.4) is 0 Å². The molecule has 0 radical (unpaired) electrons. The number of hydrogen-bond donors (Lipinski definition) is 2. The Hall–Kier alpha value is -5.38. The van der Waals surface area contributed by atoms with Crippen molar-refractivity contribution in [1.29, 1.82) is 0 Å². The number of nitrogens with one attached hydrogen (secondary N) is 2. The summed E-state index contributed by atoms with van der Waals surface area (Å²) < 4.78 is 85.3. The van der Waals surface area contributed by atoms with Gasteiger partial charge < -0.3 is 15.1 Å². The van der Waals surface area contributed by atoms with Gasteiger partial charge in [-0.25, -0.2) is 35.5 Å². The van der Waals surface area contributed by atoms with Gasteiger partial charge in [0.2, 0.25) is 21.8 Å². The fraction of sp³-hybridized carbons (Fsp3) is 0.342. The normalized spacial score (nSPS) is 15.2. The Morgan fingerprint density at radius 1 is 0.704 bits per heavy atom. The summed E-state index contributed by atoms with van der Waals surface area (Å²) in [6.07, 6.45) is 6.14. The first-order valence-corrected chi connectivity index (χ1v) is 19.0. The first-order valence-electron chi connectivity index (χ1n) is 17.3. The summed E-state index contributed by atoms with van der Waals surface area (Å²) in [6, 6.07) is 9.14. The molecule has 2 N–H and O–H groups in total. The summed E-state index contributed by atoms with van der Waals surface area (Å²) in [6.45, 7) is 0. The van der Waals surface area contributed by atoms with Crippen LogP contribution < -0.4 is 19.8 Å². The number of amides is 4. The van der Waals surface area contributed by atoms with E-state index < -0.39 is 81.7 Å². The van der Waals surface area contributed by atoms with Crippen molar-refractivity contribution in [2.75, 3.05) is 29.6 Å². The first kappa shape index (κ1) is 38.3. The van der Waals surface area contributed by atoms with E-state index in [1.165, 1.54) is 36.3 Å². The molecule has 4 amide bonds. The van der Waals surface area contributed by atoms with Gasteiger partial charge in [0.05, 0.1) is 35.4 Å². The van der Waals surface area contributed by atoms with Crippen molar-refractivity contribution in [2.24, 2.45) is 5.92 Å². The van der Waals surface area contributed by atoms with E-state index in [2.05, 4.69) is 15.3 Å². The highest BCUT2D eigenvalue weighted by molar-refractivity contribution is 7.90. The summed E-state index contributed by atoms with van der Waals surface area (Å²) in [7, 11) is -1.89. The van der Waals surface area contributed by atoms with Crippen molar-refractivity contribution >= 4 is 39.2 Å². The van der Waals surface area contributed by atoms with E-state index in [-0.39, 0.29) is 11.1 Å². The molecule has 4 aromatic rings. The Bertz CT molecular complexity index is 2110. The number of aromatic nitrogens is 2. The van der Waals surface area contributed by atoms with Gasteiger partial charge in [0.1, 0.15) is 29.3 Å². The SMILES string of the molecule is CN(C(=O)[C@H](Cc1cc(F)cc(F)c1)CS(=O)(=O)NC(=O)N[C@@H](Cc1cc(F)cc(F)c1)C(=O)N(C)c1ccc(C2CC2)nc1)c1ccc(C2CC2)nc1. The van der Waals surface area contributed by atoms with Gasteiger partial charge in [0.15, 0.2) is 0 Å². The molecule has 11 nitrogen and oxygen atoms in total. The number of anilines is 2. The predicted octanol–water partition coefficient (Wildman–Crippen LogP) is 5.51. The van der Waals surface area contributed by atoms with Gasteiger partial charge in [0, 0.05) is 55.9 Å². The lowest BCUT2D eigenvalue weighted by Crippen LogP contribution is -2.53.